The molecule has 0 fully saturated rings. The van der Waals surface area contributed by atoms with Crippen LogP contribution in [-0.4, -0.2) is 15.4 Å². The van der Waals surface area contributed by atoms with Crippen LogP contribution < -0.4 is 5.32 Å². The van der Waals surface area contributed by atoms with Crippen molar-refractivity contribution in [2.45, 2.75) is 45.6 Å². The molecule has 1 aromatic heterocycles. The Morgan fingerprint density at radius 2 is 1.89 bits per heavy atom. The van der Waals surface area contributed by atoms with Crippen LogP contribution in [0.5, 0.6) is 0 Å². The van der Waals surface area contributed by atoms with Crippen LogP contribution in [-0.2, 0) is 6.42 Å². The number of anilines is 1. The molecule has 0 amide bonds. The number of aryl methyl sites for hydroxylation is 1. The number of benzene rings is 1. The molecule has 19 heavy (non-hydrogen) atoms. The van der Waals surface area contributed by atoms with Crippen molar-refractivity contribution in [3.63, 3.8) is 0 Å². The van der Waals surface area contributed by atoms with Crippen LogP contribution >= 0.6 is 11.5 Å². The number of rotatable bonds is 6. The smallest absolute Gasteiger partial charge is 0.202 e. The van der Waals surface area contributed by atoms with Crippen molar-refractivity contribution in [1.29, 1.82) is 0 Å². The zero-order chi connectivity index (χ0) is 13.7. The third-order valence-electron chi connectivity index (χ3n) is 3.04. The Hall–Kier alpha value is -1.42. The van der Waals surface area contributed by atoms with Crippen LogP contribution in [0.1, 0.15) is 44.5 Å². The lowest BCUT2D eigenvalue weighted by molar-refractivity contribution is 0.703. The number of nitrogens with zero attached hydrogens (tertiary/aromatic N) is 2. The fraction of sp³-hybridized carbons (Fsp3) is 0.467. The molecule has 1 atom stereocenters. The van der Waals surface area contributed by atoms with Gasteiger partial charge in [0.1, 0.15) is 5.82 Å². The fourth-order valence-corrected chi connectivity index (χ4v) is 2.66. The van der Waals surface area contributed by atoms with E-state index < -0.39 is 0 Å². The molecule has 0 aliphatic heterocycles. The summed E-state index contributed by atoms with van der Waals surface area (Å²) in [6.45, 7) is 6.43. The van der Waals surface area contributed by atoms with Crippen molar-refractivity contribution in [2.24, 2.45) is 0 Å². The van der Waals surface area contributed by atoms with Gasteiger partial charge in [-0.05, 0) is 25.3 Å². The molecule has 0 bridgehead atoms. The lowest BCUT2D eigenvalue weighted by atomic mass is 10.1. The van der Waals surface area contributed by atoms with Gasteiger partial charge in [0, 0.05) is 23.5 Å². The minimum atomic E-state index is 0.395. The van der Waals surface area contributed by atoms with E-state index in [0.29, 0.717) is 12.0 Å². The summed E-state index contributed by atoms with van der Waals surface area (Å²) < 4.78 is 4.36. The van der Waals surface area contributed by atoms with Gasteiger partial charge in [-0.1, -0.05) is 44.2 Å². The monoisotopic (exact) mass is 275 g/mol. The lowest BCUT2D eigenvalue weighted by Crippen LogP contribution is -2.15. The molecule has 2 aromatic rings. The largest absolute Gasteiger partial charge is 0.358 e. The van der Waals surface area contributed by atoms with Gasteiger partial charge in [-0.15, -0.1) is 0 Å². The van der Waals surface area contributed by atoms with Gasteiger partial charge in [0.2, 0.25) is 5.13 Å². The molecule has 2 rings (SSSR count). The molecule has 0 saturated carbocycles. The zero-order valence-electron chi connectivity index (χ0n) is 11.8. The summed E-state index contributed by atoms with van der Waals surface area (Å²) in [5.41, 5.74) is 1.39. The predicted molar refractivity (Wildman–Crippen MR) is 81.8 cm³/mol. The molecule has 0 aliphatic rings. The molecule has 4 heteroatoms. The second-order valence-corrected chi connectivity index (χ2v) is 5.93. The Morgan fingerprint density at radius 3 is 2.53 bits per heavy atom. The number of aromatic nitrogens is 2. The minimum absolute atomic E-state index is 0.395. The van der Waals surface area contributed by atoms with Gasteiger partial charge >= 0.3 is 0 Å². The summed E-state index contributed by atoms with van der Waals surface area (Å²) in [7, 11) is 0. The van der Waals surface area contributed by atoms with E-state index in [1.165, 1.54) is 17.1 Å². The normalized spacial score (nSPS) is 12.6. The van der Waals surface area contributed by atoms with Crippen LogP contribution in [0.25, 0.3) is 0 Å². The quantitative estimate of drug-likeness (QED) is 0.862. The standard InChI is InChI=1S/C15H21N3S/c1-11(2)14-17-15(19-18-14)16-12(3)9-10-13-7-5-4-6-8-13/h4-8,11-12H,9-10H2,1-3H3,(H,16,17,18). The van der Waals surface area contributed by atoms with Gasteiger partial charge in [-0.3, -0.25) is 0 Å². The second kappa shape index (κ2) is 6.66. The van der Waals surface area contributed by atoms with Gasteiger partial charge in [0.25, 0.3) is 0 Å². The topological polar surface area (TPSA) is 37.8 Å². The van der Waals surface area contributed by atoms with Crippen LogP contribution in [0.3, 0.4) is 0 Å². The van der Waals surface area contributed by atoms with Crippen molar-refractivity contribution in [3.05, 3.63) is 41.7 Å². The van der Waals surface area contributed by atoms with Crippen LogP contribution in [0.15, 0.2) is 30.3 Å². The van der Waals surface area contributed by atoms with Crippen LogP contribution in [0, 0.1) is 0 Å². The van der Waals surface area contributed by atoms with E-state index >= 15 is 0 Å². The van der Waals surface area contributed by atoms with Gasteiger partial charge < -0.3 is 5.32 Å². The highest BCUT2D eigenvalue weighted by Gasteiger charge is 2.09. The van der Waals surface area contributed by atoms with Crippen molar-refractivity contribution >= 4 is 16.7 Å². The molecule has 1 unspecified atom stereocenters. The van der Waals surface area contributed by atoms with E-state index in [2.05, 4.69) is 65.8 Å². The van der Waals surface area contributed by atoms with Crippen molar-refractivity contribution in [1.82, 2.24) is 9.36 Å². The molecule has 1 aromatic carbocycles. The van der Waals surface area contributed by atoms with E-state index in [9.17, 15) is 0 Å². The van der Waals surface area contributed by atoms with E-state index in [1.807, 2.05) is 0 Å². The summed E-state index contributed by atoms with van der Waals surface area (Å²) in [4.78, 5) is 4.50. The third kappa shape index (κ3) is 4.31. The number of hydrogen-bond acceptors (Lipinski definition) is 4. The molecular weight excluding hydrogens is 254 g/mol. The van der Waals surface area contributed by atoms with E-state index in [1.54, 1.807) is 0 Å². The van der Waals surface area contributed by atoms with Crippen molar-refractivity contribution < 1.29 is 0 Å². The minimum Gasteiger partial charge on any atom is -0.358 e. The van der Waals surface area contributed by atoms with Gasteiger partial charge in [0.05, 0.1) is 0 Å². The van der Waals surface area contributed by atoms with Crippen molar-refractivity contribution in [3.8, 4) is 0 Å². The first-order chi connectivity index (χ1) is 9.15. The number of nitrogens with one attached hydrogen (secondary N) is 1. The highest BCUT2D eigenvalue weighted by Crippen LogP contribution is 2.18. The zero-order valence-corrected chi connectivity index (χ0v) is 12.6. The summed E-state index contributed by atoms with van der Waals surface area (Å²) in [6.07, 6.45) is 2.19. The van der Waals surface area contributed by atoms with Crippen molar-refractivity contribution in [2.75, 3.05) is 5.32 Å². The Bertz CT molecular complexity index is 493. The Balaban J connectivity index is 1.82. The summed E-state index contributed by atoms with van der Waals surface area (Å²) in [6, 6.07) is 11.0. The third-order valence-corrected chi connectivity index (χ3v) is 3.70. The molecule has 0 aliphatic carbocycles. The van der Waals surface area contributed by atoms with Crippen LogP contribution in [0.4, 0.5) is 5.13 Å². The summed E-state index contributed by atoms with van der Waals surface area (Å²) >= 11 is 1.46. The molecule has 3 nitrogen and oxygen atoms in total. The first kappa shape index (κ1) is 14.0. The maximum atomic E-state index is 4.50. The van der Waals surface area contributed by atoms with Gasteiger partial charge in [-0.25, -0.2) is 4.98 Å². The van der Waals surface area contributed by atoms with Gasteiger partial charge in [-0.2, -0.15) is 4.37 Å². The Labute approximate surface area is 119 Å². The molecule has 1 N–H and O–H groups in total. The second-order valence-electron chi connectivity index (χ2n) is 5.18. The maximum absolute atomic E-state index is 4.50. The van der Waals surface area contributed by atoms with E-state index in [4.69, 9.17) is 0 Å². The number of hydrogen-bond donors (Lipinski definition) is 1. The van der Waals surface area contributed by atoms with E-state index in [-0.39, 0.29) is 0 Å². The summed E-state index contributed by atoms with van der Waals surface area (Å²) in [5.74, 6) is 1.33. The molecule has 0 spiro atoms. The molecule has 102 valence electrons. The highest BCUT2D eigenvalue weighted by atomic mass is 32.1. The highest BCUT2D eigenvalue weighted by molar-refractivity contribution is 7.09. The van der Waals surface area contributed by atoms with E-state index in [0.717, 1.165) is 23.8 Å². The van der Waals surface area contributed by atoms with Gasteiger partial charge in [0.15, 0.2) is 0 Å². The SMILES string of the molecule is CC(CCc1ccccc1)Nc1nc(C(C)C)ns1. The Morgan fingerprint density at radius 1 is 1.16 bits per heavy atom. The molecule has 0 radical (unpaired) electrons. The lowest BCUT2D eigenvalue weighted by Gasteiger charge is -2.12. The first-order valence-electron chi connectivity index (χ1n) is 6.79. The first-order valence-corrected chi connectivity index (χ1v) is 7.56. The molecular formula is C15H21N3S. The Kier molecular flexibility index (Phi) is 4.91. The molecule has 1 heterocycles. The summed E-state index contributed by atoms with van der Waals surface area (Å²) in [5, 5.41) is 4.37. The average molecular weight is 275 g/mol. The van der Waals surface area contributed by atoms with Crippen LogP contribution in [0.2, 0.25) is 0 Å². The molecule has 0 saturated heterocycles. The average Bonchev–Trinajstić information content (AvgIpc) is 2.86. The predicted octanol–water partition coefficient (Wildman–Crippen LogP) is 4.09. The maximum Gasteiger partial charge on any atom is 0.202 e. The fourth-order valence-electron chi connectivity index (χ4n) is 1.84.